The van der Waals surface area contributed by atoms with Crippen LogP contribution in [0.2, 0.25) is 0 Å². The molecule has 2 rings (SSSR count). The minimum absolute atomic E-state index is 0.758. The Kier molecular flexibility index (Phi) is 4.66. The van der Waals surface area contributed by atoms with Crippen LogP contribution in [-0.2, 0) is 13.5 Å². The van der Waals surface area contributed by atoms with Crippen molar-refractivity contribution in [2.45, 2.75) is 51.5 Å². The van der Waals surface area contributed by atoms with E-state index in [1.54, 1.807) is 0 Å². The lowest BCUT2D eigenvalue weighted by molar-refractivity contribution is 0.152. The highest BCUT2D eigenvalue weighted by Gasteiger charge is 2.20. The SMILES string of the molecule is CCCC(Cc1cccn1C)N1CCCCC1. The molecule has 0 N–H and O–H groups in total. The maximum absolute atomic E-state index is 2.72. The Labute approximate surface area is 106 Å². The number of rotatable bonds is 5. The molecular formula is C15H26N2. The van der Waals surface area contributed by atoms with Crippen molar-refractivity contribution in [2.24, 2.45) is 7.05 Å². The van der Waals surface area contributed by atoms with Gasteiger partial charge < -0.3 is 9.47 Å². The number of aryl methyl sites for hydroxylation is 1. The Bertz CT molecular complexity index is 323. The van der Waals surface area contributed by atoms with Crippen LogP contribution in [0.5, 0.6) is 0 Å². The highest BCUT2D eigenvalue weighted by atomic mass is 15.2. The van der Waals surface area contributed by atoms with Gasteiger partial charge >= 0.3 is 0 Å². The molecule has 96 valence electrons. The van der Waals surface area contributed by atoms with Crippen molar-refractivity contribution < 1.29 is 0 Å². The van der Waals surface area contributed by atoms with E-state index in [9.17, 15) is 0 Å². The van der Waals surface area contributed by atoms with Crippen LogP contribution in [0.3, 0.4) is 0 Å². The number of piperidine rings is 1. The van der Waals surface area contributed by atoms with E-state index in [0.717, 1.165) is 6.04 Å². The summed E-state index contributed by atoms with van der Waals surface area (Å²) < 4.78 is 2.27. The molecule has 0 aromatic carbocycles. The summed E-state index contributed by atoms with van der Waals surface area (Å²) in [5.41, 5.74) is 1.48. The summed E-state index contributed by atoms with van der Waals surface area (Å²) in [7, 11) is 2.16. The Morgan fingerprint density at radius 1 is 1.24 bits per heavy atom. The fraction of sp³-hybridized carbons (Fsp3) is 0.733. The Morgan fingerprint density at radius 3 is 2.59 bits per heavy atom. The maximum Gasteiger partial charge on any atom is 0.0187 e. The zero-order valence-corrected chi connectivity index (χ0v) is 11.4. The van der Waals surface area contributed by atoms with E-state index in [1.807, 2.05) is 0 Å². The summed E-state index contributed by atoms with van der Waals surface area (Å²) in [5.74, 6) is 0. The number of likely N-dealkylation sites (tertiary alicyclic amines) is 1. The van der Waals surface area contributed by atoms with E-state index in [0.29, 0.717) is 0 Å². The third kappa shape index (κ3) is 3.35. The number of nitrogens with zero attached hydrogens (tertiary/aromatic N) is 2. The quantitative estimate of drug-likeness (QED) is 0.759. The first-order valence-corrected chi connectivity index (χ1v) is 7.15. The minimum Gasteiger partial charge on any atom is -0.354 e. The molecule has 1 atom stereocenters. The van der Waals surface area contributed by atoms with Crippen LogP contribution in [0, 0.1) is 0 Å². The van der Waals surface area contributed by atoms with E-state index in [-0.39, 0.29) is 0 Å². The Morgan fingerprint density at radius 2 is 2.00 bits per heavy atom. The topological polar surface area (TPSA) is 8.17 Å². The molecule has 0 saturated carbocycles. The van der Waals surface area contributed by atoms with Crippen molar-refractivity contribution in [2.75, 3.05) is 13.1 Å². The van der Waals surface area contributed by atoms with Crippen molar-refractivity contribution in [3.8, 4) is 0 Å². The minimum atomic E-state index is 0.758. The second-order valence-electron chi connectivity index (χ2n) is 5.35. The van der Waals surface area contributed by atoms with Gasteiger partial charge in [0.15, 0.2) is 0 Å². The average Bonchev–Trinajstić information content (AvgIpc) is 2.76. The van der Waals surface area contributed by atoms with E-state index in [1.165, 1.54) is 57.3 Å². The van der Waals surface area contributed by atoms with Crippen molar-refractivity contribution >= 4 is 0 Å². The summed E-state index contributed by atoms with van der Waals surface area (Å²) in [4.78, 5) is 2.72. The van der Waals surface area contributed by atoms with Gasteiger partial charge in [-0.25, -0.2) is 0 Å². The van der Waals surface area contributed by atoms with Crippen LogP contribution in [0.15, 0.2) is 18.3 Å². The molecule has 1 aliphatic heterocycles. The molecule has 17 heavy (non-hydrogen) atoms. The van der Waals surface area contributed by atoms with E-state index in [2.05, 4.69) is 41.8 Å². The van der Waals surface area contributed by atoms with Crippen LogP contribution < -0.4 is 0 Å². The molecule has 1 aromatic rings. The molecule has 2 heteroatoms. The highest BCUT2D eigenvalue weighted by Crippen LogP contribution is 2.19. The third-order valence-corrected chi connectivity index (χ3v) is 4.03. The van der Waals surface area contributed by atoms with Gasteiger partial charge in [0.25, 0.3) is 0 Å². The maximum atomic E-state index is 2.72. The lowest BCUT2D eigenvalue weighted by Crippen LogP contribution is -2.40. The summed E-state index contributed by atoms with van der Waals surface area (Å²) in [6.45, 7) is 4.94. The molecule has 0 bridgehead atoms. The van der Waals surface area contributed by atoms with E-state index >= 15 is 0 Å². The van der Waals surface area contributed by atoms with Gasteiger partial charge in [0.05, 0.1) is 0 Å². The predicted molar refractivity (Wildman–Crippen MR) is 73.2 cm³/mol. The fourth-order valence-corrected chi connectivity index (χ4v) is 2.98. The van der Waals surface area contributed by atoms with Gasteiger partial charge in [-0.1, -0.05) is 19.8 Å². The van der Waals surface area contributed by atoms with E-state index < -0.39 is 0 Å². The molecule has 1 aromatic heterocycles. The molecule has 0 amide bonds. The summed E-state index contributed by atoms with van der Waals surface area (Å²) in [6, 6.07) is 5.19. The van der Waals surface area contributed by atoms with Crippen LogP contribution >= 0.6 is 0 Å². The molecule has 2 nitrogen and oxygen atoms in total. The van der Waals surface area contributed by atoms with Crippen molar-refractivity contribution in [3.63, 3.8) is 0 Å². The van der Waals surface area contributed by atoms with Gasteiger partial charge in [-0.15, -0.1) is 0 Å². The van der Waals surface area contributed by atoms with Gasteiger partial charge in [0.1, 0.15) is 0 Å². The molecule has 2 heterocycles. The van der Waals surface area contributed by atoms with Gasteiger partial charge in [0, 0.05) is 31.4 Å². The smallest absolute Gasteiger partial charge is 0.0187 e. The molecule has 1 aliphatic rings. The number of hydrogen-bond donors (Lipinski definition) is 0. The first-order valence-electron chi connectivity index (χ1n) is 7.15. The van der Waals surface area contributed by atoms with Crippen molar-refractivity contribution in [1.29, 1.82) is 0 Å². The first-order chi connectivity index (χ1) is 8.31. The highest BCUT2D eigenvalue weighted by molar-refractivity contribution is 5.08. The summed E-state index contributed by atoms with van der Waals surface area (Å²) >= 11 is 0. The molecule has 0 radical (unpaired) electrons. The van der Waals surface area contributed by atoms with Crippen LogP contribution in [-0.4, -0.2) is 28.6 Å². The predicted octanol–water partition coefficient (Wildman–Crippen LogP) is 3.22. The van der Waals surface area contributed by atoms with Gasteiger partial charge in [-0.3, -0.25) is 0 Å². The zero-order valence-electron chi connectivity index (χ0n) is 11.4. The lowest BCUT2D eigenvalue weighted by atomic mass is 10.0. The Balaban J connectivity index is 1.98. The average molecular weight is 234 g/mol. The largest absolute Gasteiger partial charge is 0.354 e. The summed E-state index contributed by atoms with van der Waals surface area (Å²) in [6.07, 6.45) is 10.2. The Hall–Kier alpha value is -0.760. The molecule has 1 fully saturated rings. The molecule has 0 spiro atoms. The normalized spacial score (nSPS) is 19.4. The molecular weight excluding hydrogens is 208 g/mol. The fourth-order valence-electron chi connectivity index (χ4n) is 2.98. The molecule has 1 unspecified atom stereocenters. The van der Waals surface area contributed by atoms with Gasteiger partial charge in [0.2, 0.25) is 0 Å². The number of hydrogen-bond acceptors (Lipinski definition) is 1. The number of aromatic nitrogens is 1. The third-order valence-electron chi connectivity index (χ3n) is 4.03. The van der Waals surface area contributed by atoms with Gasteiger partial charge in [-0.2, -0.15) is 0 Å². The zero-order chi connectivity index (χ0) is 12.1. The molecule has 0 aliphatic carbocycles. The van der Waals surface area contributed by atoms with Crippen molar-refractivity contribution in [3.05, 3.63) is 24.0 Å². The summed E-state index contributed by atoms with van der Waals surface area (Å²) in [5, 5.41) is 0. The van der Waals surface area contributed by atoms with Crippen molar-refractivity contribution in [1.82, 2.24) is 9.47 Å². The van der Waals surface area contributed by atoms with E-state index in [4.69, 9.17) is 0 Å². The van der Waals surface area contributed by atoms with Gasteiger partial charge in [-0.05, 0) is 44.5 Å². The lowest BCUT2D eigenvalue weighted by Gasteiger charge is -2.34. The second kappa shape index (κ2) is 6.25. The standard InChI is InChI=1S/C15H26N2/c1-3-8-15(17-11-5-4-6-12-17)13-14-9-7-10-16(14)2/h7,9-10,15H,3-6,8,11-13H2,1-2H3. The second-order valence-corrected chi connectivity index (χ2v) is 5.35. The van der Waals surface area contributed by atoms with Crippen LogP contribution in [0.1, 0.15) is 44.7 Å². The van der Waals surface area contributed by atoms with Crippen LogP contribution in [0.25, 0.3) is 0 Å². The molecule has 1 saturated heterocycles. The van der Waals surface area contributed by atoms with Crippen LogP contribution in [0.4, 0.5) is 0 Å². The first kappa shape index (κ1) is 12.7. The monoisotopic (exact) mass is 234 g/mol.